The van der Waals surface area contributed by atoms with Gasteiger partial charge in [0.1, 0.15) is 22.2 Å². The van der Waals surface area contributed by atoms with Crippen molar-refractivity contribution >= 4 is 33.0 Å². The summed E-state index contributed by atoms with van der Waals surface area (Å²) in [5.74, 6) is 0.638. The van der Waals surface area contributed by atoms with E-state index in [0.29, 0.717) is 35.5 Å². The fourth-order valence-electron chi connectivity index (χ4n) is 1.20. The Morgan fingerprint density at radius 1 is 1.28 bits per heavy atom. The summed E-state index contributed by atoms with van der Waals surface area (Å²) >= 11 is 11.7. The third-order valence-electron chi connectivity index (χ3n) is 2.08. The van der Waals surface area contributed by atoms with Crippen LogP contribution >= 0.6 is 23.2 Å². The van der Waals surface area contributed by atoms with Crippen LogP contribution in [-0.4, -0.2) is 40.1 Å². The van der Waals surface area contributed by atoms with Crippen LogP contribution in [0.3, 0.4) is 0 Å². The van der Waals surface area contributed by atoms with Crippen molar-refractivity contribution in [1.82, 2.24) is 5.32 Å². The molecule has 0 aliphatic carbocycles. The second kappa shape index (κ2) is 7.19. The molecule has 0 spiro atoms. The lowest BCUT2D eigenvalue weighted by molar-refractivity contribution is 0.315. The van der Waals surface area contributed by atoms with E-state index >= 15 is 0 Å². The van der Waals surface area contributed by atoms with Crippen LogP contribution in [0.25, 0.3) is 0 Å². The zero-order valence-corrected chi connectivity index (χ0v) is 12.3. The first-order valence-electron chi connectivity index (χ1n) is 5.35. The third-order valence-corrected chi connectivity index (χ3v) is 3.57. The number of halogens is 2. The molecule has 7 heteroatoms. The average molecular weight is 312 g/mol. The van der Waals surface area contributed by atoms with Crippen LogP contribution in [0.1, 0.15) is 0 Å². The molecule has 0 amide bonds. The van der Waals surface area contributed by atoms with Crippen molar-refractivity contribution in [2.75, 3.05) is 31.7 Å². The summed E-state index contributed by atoms with van der Waals surface area (Å²) in [5, 5.41) is 4.02. The van der Waals surface area contributed by atoms with Crippen LogP contribution in [0.5, 0.6) is 5.75 Å². The van der Waals surface area contributed by atoms with Gasteiger partial charge in [0, 0.05) is 30.4 Å². The van der Waals surface area contributed by atoms with Gasteiger partial charge in [-0.15, -0.1) is 0 Å². The molecule has 1 aromatic rings. The highest BCUT2D eigenvalue weighted by Gasteiger charge is 2.03. The number of rotatable bonds is 7. The number of hydrogen-bond acceptors (Lipinski definition) is 4. The molecule has 0 bridgehead atoms. The number of sulfone groups is 1. The number of hydrogen-bond donors (Lipinski definition) is 1. The van der Waals surface area contributed by atoms with Crippen molar-refractivity contribution < 1.29 is 13.2 Å². The molecule has 4 nitrogen and oxygen atoms in total. The number of nitrogens with one attached hydrogen (secondary N) is 1. The largest absolute Gasteiger partial charge is 0.491 e. The summed E-state index contributed by atoms with van der Waals surface area (Å²) < 4.78 is 27.1. The van der Waals surface area contributed by atoms with Gasteiger partial charge in [0.15, 0.2) is 0 Å². The van der Waals surface area contributed by atoms with Crippen LogP contribution < -0.4 is 10.1 Å². The lowest BCUT2D eigenvalue weighted by Gasteiger charge is -2.09. The van der Waals surface area contributed by atoms with E-state index in [1.54, 1.807) is 18.2 Å². The Kier molecular flexibility index (Phi) is 6.21. The molecule has 0 saturated heterocycles. The summed E-state index contributed by atoms with van der Waals surface area (Å²) in [7, 11) is -2.92. The van der Waals surface area contributed by atoms with Crippen molar-refractivity contribution in [3.05, 3.63) is 28.2 Å². The van der Waals surface area contributed by atoms with Gasteiger partial charge in [-0.1, -0.05) is 23.2 Å². The molecule has 1 rings (SSSR count). The minimum atomic E-state index is -2.92. The van der Waals surface area contributed by atoms with Gasteiger partial charge in [0.25, 0.3) is 0 Å². The van der Waals surface area contributed by atoms with Crippen LogP contribution in [0.4, 0.5) is 0 Å². The van der Waals surface area contributed by atoms with E-state index in [1.165, 1.54) is 6.26 Å². The zero-order valence-electron chi connectivity index (χ0n) is 9.95. The van der Waals surface area contributed by atoms with Gasteiger partial charge < -0.3 is 10.1 Å². The smallest absolute Gasteiger partial charge is 0.148 e. The standard InChI is InChI=1S/C11H15Cl2NO3S/c1-18(15,16)7-5-14-4-6-17-11-8-9(12)2-3-10(11)13/h2-3,8,14H,4-7H2,1H3. The monoisotopic (exact) mass is 311 g/mol. The first kappa shape index (κ1) is 15.6. The molecule has 102 valence electrons. The minimum Gasteiger partial charge on any atom is -0.491 e. The van der Waals surface area contributed by atoms with Crippen molar-refractivity contribution in [2.45, 2.75) is 0 Å². The third kappa shape index (κ3) is 6.44. The van der Waals surface area contributed by atoms with E-state index in [2.05, 4.69) is 5.32 Å². The van der Waals surface area contributed by atoms with Crippen LogP contribution in [0, 0.1) is 0 Å². The predicted octanol–water partition coefficient (Wildman–Crippen LogP) is 2.01. The summed E-state index contributed by atoms with van der Waals surface area (Å²) in [4.78, 5) is 0. The van der Waals surface area contributed by atoms with E-state index in [0.717, 1.165) is 0 Å². The van der Waals surface area contributed by atoms with Crippen molar-refractivity contribution in [3.63, 3.8) is 0 Å². The molecule has 0 radical (unpaired) electrons. The maximum atomic E-state index is 10.9. The van der Waals surface area contributed by atoms with E-state index in [9.17, 15) is 8.42 Å². The molecule has 0 aromatic heterocycles. The van der Waals surface area contributed by atoms with Gasteiger partial charge >= 0.3 is 0 Å². The van der Waals surface area contributed by atoms with Crippen molar-refractivity contribution in [2.24, 2.45) is 0 Å². The molecule has 0 fully saturated rings. The van der Waals surface area contributed by atoms with Gasteiger partial charge in [-0.25, -0.2) is 8.42 Å². The maximum absolute atomic E-state index is 10.9. The van der Waals surface area contributed by atoms with Crippen molar-refractivity contribution in [1.29, 1.82) is 0 Å². The van der Waals surface area contributed by atoms with Gasteiger partial charge in [-0.3, -0.25) is 0 Å². The van der Waals surface area contributed by atoms with E-state index in [4.69, 9.17) is 27.9 Å². The van der Waals surface area contributed by atoms with Crippen LogP contribution in [0.2, 0.25) is 10.0 Å². The summed E-state index contributed by atoms with van der Waals surface area (Å²) in [6.07, 6.45) is 1.21. The van der Waals surface area contributed by atoms with Crippen molar-refractivity contribution in [3.8, 4) is 5.75 Å². The molecule has 0 aliphatic rings. The summed E-state index contributed by atoms with van der Waals surface area (Å²) in [6.45, 7) is 1.34. The Morgan fingerprint density at radius 2 is 2.00 bits per heavy atom. The van der Waals surface area contributed by atoms with Crippen LogP contribution in [0.15, 0.2) is 18.2 Å². The SMILES string of the molecule is CS(=O)(=O)CCNCCOc1cc(Cl)ccc1Cl. The Labute approximate surface area is 117 Å². The summed E-state index contributed by atoms with van der Waals surface area (Å²) in [5.41, 5.74) is 0. The zero-order chi connectivity index (χ0) is 13.6. The molecule has 0 unspecified atom stereocenters. The van der Waals surface area contributed by atoms with E-state index < -0.39 is 9.84 Å². The Balaban J connectivity index is 2.24. The average Bonchev–Trinajstić information content (AvgIpc) is 2.26. The molecule has 0 aliphatic heterocycles. The Hall–Kier alpha value is -0.490. The second-order valence-electron chi connectivity index (χ2n) is 3.80. The highest BCUT2D eigenvalue weighted by molar-refractivity contribution is 7.90. The Bertz CT molecular complexity index is 491. The molecule has 0 saturated carbocycles. The topological polar surface area (TPSA) is 55.4 Å². The first-order chi connectivity index (χ1) is 8.38. The van der Waals surface area contributed by atoms with Gasteiger partial charge in [-0.2, -0.15) is 0 Å². The van der Waals surface area contributed by atoms with Crippen LogP contribution in [-0.2, 0) is 9.84 Å². The molecule has 0 heterocycles. The molecular weight excluding hydrogens is 297 g/mol. The quantitative estimate of drug-likeness (QED) is 0.783. The van der Waals surface area contributed by atoms with Gasteiger partial charge in [0.2, 0.25) is 0 Å². The molecule has 18 heavy (non-hydrogen) atoms. The maximum Gasteiger partial charge on any atom is 0.148 e. The first-order valence-corrected chi connectivity index (χ1v) is 8.16. The fourth-order valence-corrected chi connectivity index (χ4v) is 2.05. The normalized spacial score (nSPS) is 11.5. The predicted molar refractivity (Wildman–Crippen MR) is 74.5 cm³/mol. The Morgan fingerprint density at radius 3 is 2.67 bits per heavy atom. The summed E-state index contributed by atoms with van der Waals surface area (Å²) in [6, 6.07) is 4.98. The number of benzene rings is 1. The highest BCUT2D eigenvalue weighted by atomic mass is 35.5. The highest BCUT2D eigenvalue weighted by Crippen LogP contribution is 2.27. The molecular formula is C11H15Cl2NO3S. The fraction of sp³-hybridized carbons (Fsp3) is 0.455. The van der Waals surface area contributed by atoms with E-state index in [-0.39, 0.29) is 5.75 Å². The number of ether oxygens (including phenoxy) is 1. The lowest BCUT2D eigenvalue weighted by atomic mass is 10.3. The lowest BCUT2D eigenvalue weighted by Crippen LogP contribution is -2.26. The molecule has 1 N–H and O–H groups in total. The van der Waals surface area contributed by atoms with Gasteiger partial charge in [0.05, 0.1) is 10.8 Å². The molecule has 1 aromatic carbocycles. The van der Waals surface area contributed by atoms with Gasteiger partial charge in [-0.05, 0) is 12.1 Å². The minimum absolute atomic E-state index is 0.116. The second-order valence-corrected chi connectivity index (χ2v) is 6.91. The molecule has 0 atom stereocenters. The van der Waals surface area contributed by atoms with E-state index in [1.807, 2.05) is 0 Å².